The van der Waals surface area contributed by atoms with Crippen LogP contribution in [0.25, 0.3) is 6.08 Å². The van der Waals surface area contributed by atoms with Gasteiger partial charge in [-0.15, -0.1) is 0 Å². The number of barbiturate groups is 1. The van der Waals surface area contributed by atoms with E-state index < -0.39 is 17.8 Å². The van der Waals surface area contributed by atoms with E-state index in [2.05, 4.69) is 54.6 Å². The van der Waals surface area contributed by atoms with E-state index in [1.165, 1.54) is 22.8 Å². The predicted octanol–water partition coefficient (Wildman–Crippen LogP) is 7.09. The van der Waals surface area contributed by atoms with Crippen molar-refractivity contribution in [1.82, 2.24) is 0 Å². The summed E-state index contributed by atoms with van der Waals surface area (Å²) in [4.78, 5) is 43.0. The second-order valence-corrected chi connectivity index (χ2v) is 10.8. The molecule has 1 aliphatic heterocycles. The maximum atomic E-state index is 13.7. The fraction of sp³-hybridized carbons (Fsp3) is 0.121. The molecule has 0 aliphatic carbocycles. The Morgan fingerprint density at radius 2 is 1.27 bits per heavy atom. The van der Waals surface area contributed by atoms with Crippen molar-refractivity contribution in [2.45, 2.75) is 20.3 Å². The standard InChI is InChI=1S/C33H27IN2O4/c1-21-14-22(2)16-23(15-21)17-27-29(34)19-24(20-30(27)40-3)18-28-31(37)35(25-10-6-4-7-11-25)33(39)36(32(28)38)26-12-8-5-9-13-26/h4-16,18-20H,17H2,1-3H3. The smallest absolute Gasteiger partial charge is 0.343 e. The summed E-state index contributed by atoms with van der Waals surface area (Å²) < 4.78 is 6.70. The average Bonchev–Trinajstić information content (AvgIpc) is 2.93. The topological polar surface area (TPSA) is 66.9 Å². The molecule has 40 heavy (non-hydrogen) atoms. The summed E-state index contributed by atoms with van der Waals surface area (Å²) >= 11 is 2.26. The van der Waals surface area contributed by atoms with E-state index in [0.717, 1.165) is 18.9 Å². The van der Waals surface area contributed by atoms with Crippen LogP contribution in [-0.2, 0) is 16.0 Å². The monoisotopic (exact) mass is 642 g/mol. The SMILES string of the molecule is COc1cc(C=C2C(=O)N(c3ccccc3)C(=O)N(c3ccccc3)C2=O)cc(I)c1Cc1cc(C)cc(C)c1. The number of carbonyl (C=O) groups is 3. The number of aryl methyl sites for hydroxylation is 2. The number of nitrogens with zero attached hydrogens (tertiary/aromatic N) is 2. The summed E-state index contributed by atoms with van der Waals surface area (Å²) in [6, 6.07) is 26.7. The van der Waals surface area contributed by atoms with Gasteiger partial charge >= 0.3 is 6.03 Å². The number of hydrogen-bond acceptors (Lipinski definition) is 4. The Morgan fingerprint density at radius 3 is 1.77 bits per heavy atom. The lowest BCUT2D eigenvalue weighted by Gasteiger charge is -2.34. The molecule has 0 saturated carbocycles. The third-order valence-electron chi connectivity index (χ3n) is 6.65. The molecule has 0 atom stereocenters. The van der Waals surface area contributed by atoms with E-state index in [1.807, 2.05) is 12.1 Å². The molecule has 0 N–H and O–H groups in total. The molecular weight excluding hydrogens is 615 g/mol. The van der Waals surface area contributed by atoms with Crippen LogP contribution in [0, 0.1) is 17.4 Å². The van der Waals surface area contributed by atoms with Crippen molar-refractivity contribution in [1.29, 1.82) is 0 Å². The Hall–Kier alpha value is -4.24. The quantitative estimate of drug-likeness (QED) is 0.128. The van der Waals surface area contributed by atoms with E-state index in [-0.39, 0.29) is 5.57 Å². The molecule has 1 aliphatic rings. The van der Waals surface area contributed by atoms with Crippen molar-refractivity contribution in [2.24, 2.45) is 0 Å². The Kier molecular flexibility index (Phi) is 7.84. The number of hydrogen-bond donors (Lipinski definition) is 0. The van der Waals surface area contributed by atoms with Crippen molar-refractivity contribution >= 4 is 57.9 Å². The number of benzene rings is 4. The lowest BCUT2D eigenvalue weighted by Crippen LogP contribution is -2.57. The molecule has 0 unspecified atom stereocenters. The number of amides is 4. The molecule has 4 amide bonds. The molecule has 4 aromatic carbocycles. The van der Waals surface area contributed by atoms with Crippen molar-refractivity contribution in [2.75, 3.05) is 16.9 Å². The zero-order valence-electron chi connectivity index (χ0n) is 22.4. The minimum atomic E-state index is -0.722. The van der Waals surface area contributed by atoms with Crippen LogP contribution < -0.4 is 14.5 Å². The van der Waals surface area contributed by atoms with Gasteiger partial charge in [-0.3, -0.25) is 9.59 Å². The summed E-state index contributed by atoms with van der Waals surface area (Å²) in [5.74, 6) is -0.701. The van der Waals surface area contributed by atoms with Gasteiger partial charge < -0.3 is 4.74 Å². The highest BCUT2D eigenvalue weighted by atomic mass is 127. The number of ether oxygens (including phenoxy) is 1. The van der Waals surface area contributed by atoms with Crippen LogP contribution in [0.2, 0.25) is 0 Å². The van der Waals surface area contributed by atoms with Gasteiger partial charge in [0.2, 0.25) is 0 Å². The second-order valence-electron chi connectivity index (χ2n) is 9.65. The number of urea groups is 1. The summed E-state index contributed by atoms with van der Waals surface area (Å²) in [6.07, 6.45) is 2.21. The van der Waals surface area contributed by atoms with E-state index >= 15 is 0 Å². The Labute approximate surface area is 247 Å². The minimum Gasteiger partial charge on any atom is -0.496 e. The summed E-state index contributed by atoms with van der Waals surface area (Å²) in [7, 11) is 1.61. The van der Waals surface area contributed by atoms with Gasteiger partial charge in [0.05, 0.1) is 18.5 Å². The van der Waals surface area contributed by atoms with Crippen LogP contribution >= 0.6 is 22.6 Å². The van der Waals surface area contributed by atoms with Gasteiger partial charge in [0, 0.05) is 15.6 Å². The summed E-state index contributed by atoms with van der Waals surface area (Å²) in [6.45, 7) is 4.16. The van der Waals surface area contributed by atoms with Gasteiger partial charge in [0.25, 0.3) is 11.8 Å². The number of para-hydroxylation sites is 2. The fourth-order valence-corrected chi connectivity index (χ4v) is 5.77. The molecule has 1 saturated heterocycles. The molecule has 200 valence electrons. The number of imide groups is 2. The number of methoxy groups -OCH3 is 1. The van der Waals surface area contributed by atoms with E-state index in [4.69, 9.17) is 4.74 Å². The maximum absolute atomic E-state index is 13.7. The normalized spacial score (nSPS) is 13.6. The number of carbonyl (C=O) groups excluding carboxylic acids is 3. The minimum absolute atomic E-state index is 0.118. The Morgan fingerprint density at radius 1 is 0.750 bits per heavy atom. The fourth-order valence-electron chi connectivity index (χ4n) is 4.95. The average molecular weight is 642 g/mol. The van der Waals surface area contributed by atoms with Crippen molar-refractivity contribution in [3.63, 3.8) is 0 Å². The first-order chi connectivity index (χ1) is 19.3. The second kappa shape index (κ2) is 11.5. The van der Waals surface area contributed by atoms with Crippen LogP contribution in [0.15, 0.2) is 96.6 Å². The molecule has 7 heteroatoms. The molecule has 1 fully saturated rings. The zero-order valence-corrected chi connectivity index (χ0v) is 24.5. The molecule has 0 radical (unpaired) electrons. The van der Waals surface area contributed by atoms with Crippen molar-refractivity contribution in [3.8, 4) is 5.75 Å². The first kappa shape index (κ1) is 27.3. The predicted molar refractivity (Wildman–Crippen MR) is 166 cm³/mol. The molecule has 0 aromatic heterocycles. The van der Waals surface area contributed by atoms with Crippen LogP contribution in [0.3, 0.4) is 0 Å². The van der Waals surface area contributed by atoms with E-state index in [1.54, 1.807) is 67.8 Å². The number of halogens is 1. The van der Waals surface area contributed by atoms with E-state index in [9.17, 15) is 14.4 Å². The first-order valence-corrected chi connectivity index (χ1v) is 13.8. The Balaban J connectivity index is 1.59. The molecule has 0 spiro atoms. The highest BCUT2D eigenvalue weighted by molar-refractivity contribution is 14.1. The van der Waals surface area contributed by atoms with Gasteiger partial charge in [-0.25, -0.2) is 14.6 Å². The number of rotatable bonds is 6. The highest BCUT2D eigenvalue weighted by Crippen LogP contribution is 2.33. The molecule has 6 nitrogen and oxygen atoms in total. The first-order valence-electron chi connectivity index (χ1n) is 12.7. The van der Waals surface area contributed by atoms with Crippen LogP contribution in [0.4, 0.5) is 16.2 Å². The molecule has 5 rings (SSSR count). The van der Waals surface area contributed by atoms with Crippen molar-refractivity contribution < 1.29 is 19.1 Å². The van der Waals surface area contributed by atoms with Gasteiger partial charge in [-0.1, -0.05) is 65.7 Å². The molecule has 1 heterocycles. The molecule has 4 aromatic rings. The van der Waals surface area contributed by atoms with Gasteiger partial charge in [-0.2, -0.15) is 0 Å². The zero-order chi connectivity index (χ0) is 28.4. The van der Waals surface area contributed by atoms with Crippen LogP contribution in [0.5, 0.6) is 5.75 Å². The van der Waals surface area contributed by atoms with Crippen molar-refractivity contribution in [3.05, 3.63) is 128 Å². The van der Waals surface area contributed by atoms with Crippen LogP contribution in [-0.4, -0.2) is 25.0 Å². The summed E-state index contributed by atoms with van der Waals surface area (Å²) in [5, 5.41) is 0. The third-order valence-corrected chi connectivity index (χ3v) is 7.61. The highest BCUT2D eigenvalue weighted by Gasteiger charge is 2.43. The maximum Gasteiger partial charge on any atom is 0.343 e. The lowest BCUT2D eigenvalue weighted by atomic mass is 9.98. The lowest BCUT2D eigenvalue weighted by molar-refractivity contribution is -0.121. The third kappa shape index (κ3) is 5.42. The van der Waals surface area contributed by atoms with Gasteiger partial charge in [0.1, 0.15) is 11.3 Å². The summed E-state index contributed by atoms with van der Waals surface area (Å²) in [5.41, 5.74) is 5.85. The molecule has 0 bridgehead atoms. The van der Waals surface area contributed by atoms with Gasteiger partial charge in [0.15, 0.2) is 0 Å². The Bertz CT molecular complexity index is 1560. The largest absolute Gasteiger partial charge is 0.496 e. The van der Waals surface area contributed by atoms with E-state index in [0.29, 0.717) is 29.1 Å². The molecular formula is C33H27IN2O4. The van der Waals surface area contributed by atoms with Gasteiger partial charge in [-0.05, 0) is 90.0 Å². The number of anilines is 2. The van der Waals surface area contributed by atoms with Crippen LogP contribution in [0.1, 0.15) is 27.8 Å².